The maximum absolute atomic E-state index is 13.1. The van der Waals surface area contributed by atoms with Crippen molar-refractivity contribution in [3.8, 4) is 0 Å². The number of amides is 1. The number of hydrogen-bond acceptors (Lipinski definition) is 4. The minimum atomic E-state index is -0.0144. The number of ether oxygens (including phenoxy) is 1. The number of hydrogen-bond donors (Lipinski definition) is 0. The van der Waals surface area contributed by atoms with Gasteiger partial charge >= 0.3 is 0 Å². The van der Waals surface area contributed by atoms with Crippen LogP contribution in [-0.2, 0) is 11.3 Å². The molecule has 1 unspecified atom stereocenters. The highest BCUT2D eigenvalue weighted by Gasteiger charge is 2.29. The van der Waals surface area contributed by atoms with Gasteiger partial charge in [0.05, 0.1) is 23.9 Å². The highest BCUT2D eigenvalue weighted by Crippen LogP contribution is 2.24. The van der Waals surface area contributed by atoms with Gasteiger partial charge in [-0.05, 0) is 32.3 Å². The summed E-state index contributed by atoms with van der Waals surface area (Å²) >= 11 is 6.59. The SMILES string of the molecule is Cc1ccc(Cn2nc(C)c(C(=O)N3CCN(CC4CCCO4)CC3)c2Cl)cc1. The second-order valence-electron chi connectivity index (χ2n) is 8.12. The van der Waals surface area contributed by atoms with Gasteiger partial charge in [0.15, 0.2) is 0 Å². The van der Waals surface area contributed by atoms with Crippen LogP contribution in [0.1, 0.15) is 40.0 Å². The molecule has 156 valence electrons. The monoisotopic (exact) mass is 416 g/mol. The summed E-state index contributed by atoms with van der Waals surface area (Å²) in [4.78, 5) is 17.4. The second-order valence-corrected chi connectivity index (χ2v) is 8.48. The Morgan fingerprint density at radius 2 is 1.90 bits per heavy atom. The Morgan fingerprint density at radius 1 is 1.17 bits per heavy atom. The number of carbonyl (C=O) groups excluding carboxylic acids is 1. The fourth-order valence-electron chi connectivity index (χ4n) is 4.14. The smallest absolute Gasteiger partial charge is 0.258 e. The molecule has 1 amide bonds. The lowest BCUT2D eigenvalue weighted by Gasteiger charge is -2.35. The van der Waals surface area contributed by atoms with E-state index in [1.54, 1.807) is 4.68 Å². The normalized spacial score (nSPS) is 20.4. The molecule has 0 aliphatic carbocycles. The Morgan fingerprint density at radius 3 is 2.55 bits per heavy atom. The van der Waals surface area contributed by atoms with Gasteiger partial charge in [-0.2, -0.15) is 5.10 Å². The van der Waals surface area contributed by atoms with E-state index >= 15 is 0 Å². The van der Waals surface area contributed by atoms with Crippen molar-refractivity contribution in [2.75, 3.05) is 39.3 Å². The molecule has 0 bridgehead atoms. The highest BCUT2D eigenvalue weighted by molar-refractivity contribution is 6.33. The van der Waals surface area contributed by atoms with E-state index < -0.39 is 0 Å². The summed E-state index contributed by atoms with van der Waals surface area (Å²) in [6.45, 7) is 9.51. The van der Waals surface area contributed by atoms with Crippen LogP contribution in [-0.4, -0.2) is 70.9 Å². The average molecular weight is 417 g/mol. The van der Waals surface area contributed by atoms with E-state index in [0.717, 1.165) is 44.6 Å². The molecule has 4 rings (SSSR count). The Bertz CT molecular complexity index is 850. The molecule has 2 saturated heterocycles. The molecule has 0 radical (unpaired) electrons. The summed E-state index contributed by atoms with van der Waals surface area (Å²) in [6, 6.07) is 8.28. The van der Waals surface area contributed by atoms with Crippen LogP contribution in [0.4, 0.5) is 0 Å². The Kier molecular flexibility index (Phi) is 6.23. The molecule has 2 fully saturated rings. The third-order valence-electron chi connectivity index (χ3n) is 5.88. The van der Waals surface area contributed by atoms with E-state index in [-0.39, 0.29) is 5.91 Å². The van der Waals surface area contributed by atoms with Crippen molar-refractivity contribution >= 4 is 17.5 Å². The number of carbonyl (C=O) groups is 1. The van der Waals surface area contributed by atoms with E-state index in [9.17, 15) is 4.79 Å². The van der Waals surface area contributed by atoms with Crippen molar-refractivity contribution in [2.45, 2.75) is 39.3 Å². The van der Waals surface area contributed by atoms with Crippen LogP contribution >= 0.6 is 11.6 Å². The van der Waals surface area contributed by atoms with Gasteiger partial charge < -0.3 is 9.64 Å². The summed E-state index contributed by atoms with van der Waals surface area (Å²) in [5.41, 5.74) is 3.55. The maximum atomic E-state index is 13.1. The Hall–Kier alpha value is -1.89. The number of rotatable bonds is 5. The van der Waals surface area contributed by atoms with Gasteiger partial charge in [0.1, 0.15) is 5.15 Å². The van der Waals surface area contributed by atoms with E-state index in [2.05, 4.69) is 41.2 Å². The van der Waals surface area contributed by atoms with E-state index in [1.807, 2.05) is 11.8 Å². The minimum Gasteiger partial charge on any atom is -0.377 e. The maximum Gasteiger partial charge on any atom is 0.258 e. The van der Waals surface area contributed by atoms with E-state index in [1.165, 1.54) is 5.56 Å². The van der Waals surface area contributed by atoms with E-state index in [4.69, 9.17) is 16.3 Å². The lowest BCUT2D eigenvalue weighted by atomic mass is 10.1. The van der Waals surface area contributed by atoms with Crippen LogP contribution in [0.25, 0.3) is 0 Å². The van der Waals surface area contributed by atoms with Crippen LogP contribution in [0.15, 0.2) is 24.3 Å². The second kappa shape index (κ2) is 8.86. The molecular weight excluding hydrogens is 388 g/mol. The van der Waals surface area contributed by atoms with Gasteiger partial charge in [0, 0.05) is 39.3 Å². The topological polar surface area (TPSA) is 50.6 Å². The zero-order valence-corrected chi connectivity index (χ0v) is 18.0. The molecule has 7 heteroatoms. The molecule has 6 nitrogen and oxygen atoms in total. The molecule has 29 heavy (non-hydrogen) atoms. The van der Waals surface area contributed by atoms with E-state index in [0.29, 0.717) is 42.1 Å². The lowest BCUT2D eigenvalue weighted by molar-refractivity contribution is 0.0432. The third-order valence-corrected chi connectivity index (χ3v) is 6.26. The number of benzene rings is 1. The molecule has 1 aromatic heterocycles. The zero-order chi connectivity index (χ0) is 20.4. The van der Waals surface area contributed by atoms with Crippen molar-refractivity contribution in [3.63, 3.8) is 0 Å². The summed E-state index contributed by atoms with van der Waals surface area (Å²) in [5.74, 6) is -0.0144. The standard InChI is InChI=1S/C22H29ClN4O2/c1-16-5-7-18(8-6-16)14-27-21(23)20(17(2)24-27)22(28)26-11-9-25(10-12-26)15-19-4-3-13-29-19/h5-8,19H,3-4,9-15H2,1-2H3. The molecule has 3 heterocycles. The molecular formula is C22H29ClN4O2. The number of aromatic nitrogens is 2. The van der Waals surface area contributed by atoms with Crippen molar-refractivity contribution < 1.29 is 9.53 Å². The van der Waals surface area contributed by atoms with Crippen molar-refractivity contribution in [1.82, 2.24) is 19.6 Å². The average Bonchev–Trinajstić information content (AvgIpc) is 3.32. The lowest BCUT2D eigenvalue weighted by Crippen LogP contribution is -2.50. The minimum absolute atomic E-state index is 0.0144. The Labute approximate surface area is 177 Å². The van der Waals surface area contributed by atoms with Crippen molar-refractivity contribution in [3.05, 3.63) is 51.8 Å². The van der Waals surface area contributed by atoms with Gasteiger partial charge in [-0.25, -0.2) is 4.68 Å². The number of halogens is 1. The highest BCUT2D eigenvalue weighted by atomic mass is 35.5. The largest absolute Gasteiger partial charge is 0.377 e. The van der Waals surface area contributed by atoms with Gasteiger partial charge in [-0.1, -0.05) is 41.4 Å². The van der Waals surface area contributed by atoms with Gasteiger partial charge in [0.2, 0.25) is 0 Å². The first-order chi connectivity index (χ1) is 14.0. The van der Waals surface area contributed by atoms with Gasteiger partial charge in [-0.15, -0.1) is 0 Å². The van der Waals surface area contributed by atoms with Crippen molar-refractivity contribution in [2.24, 2.45) is 0 Å². The molecule has 0 N–H and O–H groups in total. The number of nitrogens with zero attached hydrogens (tertiary/aromatic N) is 4. The summed E-state index contributed by atoms with van der Waals surface area (Å²) in [6.07, 6.45) is 2.66. The zero-order valence-electron chi connectivity index (χ0n) is 17.2. The van der Waals surface area contributed by atoms with Crippen LogP contribution in [0.3, 0.4) is 0 Å². The molecule has 2 aromatic rings. The van der Waals surface area contributed by atoms with Crippen LogP contribution in [0.2, 0.25) is 5.15 Å². The molecule has 1 aromatic carbocycles. The van der Waals surface area contributed by atoms with Crippen LogP contribution in [0.5, 0.6) is 0 Å². The van der Waals surface area contributed by atoms with Crippen LogP contribution < -0.4 is 0 Å². The third kappa shape index (κ3) is 4.65. The quantitative estimate of drug-likeness (QED) is 0.751. The predicted molar refractivity (Wildman–Crippen MR) is 114 cm³/mol. The first-order valence-electron chi connectivity index (χ1n) is 10.4. The summed E-state index contributed by atoms with van der Waals surface area (Å²) in [5, 5.41) is 4.96. The predicted octanol–water partition coefficient (Wildman–Crippen LogP) is 3.14. The number of aryl methyl sites for hydroxylation is 2. The summed E-state index contributed by atoms with van der Waals surface area (Å²) < 4.78 is 7.46. The van der Waals surface area contributed by atoms with Gasteiger partial charge in [-0.3, -0.25) is 9.69 Å². The number of piperazine rings is 1. The summed E-state index contributed by atoms with van der Waals surface area (Å²) in [7, 11) is 0. The first kappa shape index (κ1) is 20.4. The molecule has 2 aliphatic rings. The molecule has 1 atom stereocenters. The van der Waals surface area contributed by atoms with Crippen molar-refractivity contribution in [1.29, 1.82) is 0 Å². The molecule has 2 aliphatic heterocycles. The molecule has 0 spiro atoms. The Balaban J connectivity index is 1.39. The molecule has 0 saturated carbocycles. The fourth-order valence-corrected chi connectivity index (χ4v) is 4.45. The van der Waals surface area contributed by atoms with Crippen LogP contribution in [0, 0.1) is 13.8 Å². The first-order valence-corrected chi connectivity index (χ1v) is 10.8. The fraction of sp³-hybridized carbons (Fsp3) is 0.545. The van der Waals surface area contributed by atoms with Gasteiger partial charge in [0.25, 0.3) is 5.91 Å².